The summed E-state index contributed by atoms with van der Waals surface area (Å²) in [7, 11) is 1.24. The molecule has 0 aromatic heterocycles. The summed E-state index contributed by atoms with van der Waals surface area (Å²) in [5, 5.41) is 14.4. The van der Waals surface area contributed by atoms with Gasteiger partial charge in [0, 0.05) is 18.8 Å². The monoisotopic (exact) mass is 391 g/mol. The molecule has 0 aliphatic carbocycles. The molecule has 0 bridgehead atoms. The maximum Gasteiger partial charge on any atom is 0.325 e. The van der Waals surface area contributed by atoms with Crippen molar-refractivity contribution in [3.05, 3.63) is 29.8 Å². The van der Waals surface area contributed by atoms with Crippen LogP contribution < -0.4 is 10.6 Å². The maximum atomic E-state index is 12.4. The third-order valence-corrected chi connectivity index (χ3v) is 4.52. The number of rotatable bonds is 6. The third-order valence-electron chi connectivity index (χ3n) is 4.52. The average molecular weight is 391 g/mol. The predicted octanol–water partition coefficient (Wildman–Crippen LogP) is 1.09. The fourth-order valence-electron chi connectivity index (χ4n) is 3.10. The number of carboxylic acids is 1. The van der Waals surface area contributed by atoms with Gasteiger partial charge < -0.3 is 25.4 Å². The van der Waals surface area contributed by atoms with Crippen molar-refractivity contribution in [2.24, 2.45) is 11.8 Å². The topological polar surface area (TPSA) is 125 Å². The molecule has 152 valence electrons. The Bertz CT molecular complexity index is 734. The summed E-state index contributed by atoms with van der Waals surface area (Å²) in [6, 6.07) is 6.39. The Hall–Kier alpha value is -3.10. The molecule has 0 radical (unpaired) electrons. The van der Waals surface area contributed by atoms with Crippen LogP contribution in [-0.4, -0.2) is 60.6 Å². The number of hydrogen-bond acceptors (Lipinski definition) is 5. The van der Waals surface area contributed by atoms with Crippen LogP contribution in [0.3, 0.4) is 0 Å². The van der Waals surface area contributed by atoms with Crippen LogP contribution in [0.15, 0.2) is 24.3 Å². The van der Waals surface area contributed by atoms with Crippen molar-refractivity contribution in [2.75, 3.05) is 32.1 Å². The van der Waals surface area contributed by atoms with Gasteiger partial charge in [-0.15, -0.1) is 0 Å². The van der Waals surface area contributed by atoms with Gasteiger partial charge in [-0.2, -0.15) is 0 Å². The minimum atomic E-state index is -0.890. The molecule has 1 saturated heterocycles. The van der Waals surface area contributed by atoms with E-state index in [-0.39, 0.29) is 37.4 Å². The molecule has 0 spiro atoms. The van der Waals surface area contributed by atoms with E-state index in [1.807, 2.05) is 6.92 Å². The van der Waals surface area contributed by atoms with Gasteiger partial charge in [-0.25, -0.2) is 4.79 Å². The highest BCUT2D eigenvalue weighted by Gasteiger charge is 2.31. The summed E-state index contributed by atoms with van der Waals surface area (Å²) in [5.41, 5.74) is 1.27. The highest BCUT2D eigenvalue weighted by atomic mass is 16.5. The predicted molar refractivity (Wildman–Crippen MR) is 101 cm³/mol. The highest BCUT2D eigenvalue weighted by molar-refractivity contribution is 5.90. The van der Waals surface area contributed by atoms with Crippen molar-refractivity contribution in [3.8, 4) is 0 Å². The van der Waals surface area contributed by atoms with Gasteiger partial charge >= 0.3 is 18.0 Å². The molecule has 1 aromatic carbocycles. The van der Waals surface area contributed by atoms with Crippen molar-refractivity contribution in [1.29, 1.82) is 0 Å². The van der Waals surface area contributed by atoms with Crippen LogP contribution >= 0.6 is 0 Å². The van der Waals surface area contributed by atoms with Crippen LogP contribution in [-0.2, 0) is 25.5 Å². The number of urea groups is 1. The first kappa shape index (κ1) is 21.2. The number of hydrogen-bond donors (Lipinski definition) is 3. The molecule has 1 aliphatic heterocycles. The molecule has 1 aromatic rings. The Morgan fingerprint density at radius 2 is 1.86 bits per heavy atom. The van der Waals surface area contributed by atoms with E-state index in [4.69, 9.17) is 0 Å². The summed E-state index contributed by atoms with van der Waals surface area (Å²) < 4.78 is 4.45. The lowest BCUT2D eigenvalue weighted by Gasteiger charge is -2.34. The number of methoxy groups -OCH3 is 1. The van der Waals surface area contributed by atoms with E-state index in [0.29, 0.717) is 18.7 Å². The van der Waals surface area contributed by atoms with Gasteiger partial charge in [-0.3, -0.25) is 14.4 Å². The lowest BCUT2D eigenvalue weighted by molar-refractivity contribution is -0.143. The van der Waals surface area contributed by atoms with E-state index in [1.54, 1.807) is 24.3 Å². The number of benzene rings is 1. The van der Waals surface area contributed by atoms with Crippen molar-refractivity contribution in [1.82, 2.24) is 10.2 Å². The Balaban J connectivity index is 1.87. The van der Waals surface area contributed by atoms with E-state index in [2.05, 4.69) is 15.4 Å². The number of aliphatic carboxylic acids is 1. The van der Waals surface area contributed by atoms with Crippen LogP contribution in [0.1, 0.15) is 18.9 Å². The summed E-state index contributed by atoms with van der Waals surface area (Å²) in [4.78, 5) is 48.0. The van der Waals surface area contributed by atoms with E-state index >= 15 is 0 Å². The fourth-order valence-corrected chi connectivity index (χ4v) is 3.10. The Morgan fingerprint density at radius 1 is 1.18 bits per heavy atom. The second-order valence-electron chi connectivity index (χ2n) is 6.94. The number of carbonyl (C=O) groups excluding carboxylic acids is 3. The number of carbonyl (C=O) groups is 4. The number of esters is 1. The molecule has 1 fully saturated rings. The Morgan fingerprint density at radius 3 is 2.46 bits per heavy atom. The normalized spacial score (nSPS) is 18.9. The number of nitrogens with zero attached hydrogens (tertiary/aromatic N) is 1. The Labute approximate surface area is 163 Å². The smallest absolute Gasteiger partial charge is 0.325 e. The number of amides is 3. The lowest BCUT2D eigenvalue weighted by Crippen LogP contribution is -2.47. The molecule has 2 atom stereocenters. The van der Waals surface area contributed by atoms with Crippen molar-refractivity contribution < 1.29 is 29.0 Å². The van der Waals surface area contributed by atoms with Crippen molar-refractivity contribution in [2.45, 2.75) is 19.8 Å². The minimum Gasteiger partial charge on any atom is -0.481 e. The summed E-state index contributed by atoms with van der Waals surface area (Å²) in [5.74, 6) is -2.17. The molecule has 9 heteroatoms. The molecule has 28 heavy (non-hydrogen) atoms. The number of anilines is 1. The summed E-state index contributed by atoms with van der Waals surface area (Å²) in [6.45, 7) is 2.43. The molecule has 1 aliphatic rings. The first-order valence-corrected chi connectivity index (χ1v) is 8.99. The zero-order valence-electron chi connectivity index (χ0n) is 15.9. The molecule has 1 heterocycles. The third kappa shape index (κ3) is 6.26. The van der Waals surface area contributed by atoms with E-state index in [1.165, 1.54) is 12.0 Å². The molecular weight excluding hydrogens is 366 g/mol. The van der Waals surface area contributed by atoms with Crippen LogP contribution in [0, 0.1) is 11.8 Å². The number of piperidine rings is 1. The molecule has 9 nitrogen and oxygen atoms in total. The molecular formula is C19H25N3O6. The molecule has 2 rings (SSSR count). The van der Waals surface area contributed by atoms with Gasteiger partial charge in [0.25, 0.3) is 0 Å². The van der Waals surface area contributed by atoms with Crippen LogP contribution in [0.25, 0.3) is 0 Å². The fraction of sp³-hybridized carbons (Fsp3) is 0.474. The van der Waals surface area contributed by atoms with Gasteiger partial charge in [0.15, 0.2) is 0 Å². The van der Waals surface area contributed by atoms with Gasteiger partial charge in [0.1, 0.15) is 6.54 Å². The molecule has 3 amide bonds. The van der Waals surface area contributed by atoms with Gasteiger partial charge in [0.2, 0.25) is 5.91 Å². The zero-order chi connectivity index (χ0) is 20.7. The van der Waals surface area contributed by atoms with E-state index in [0.717, 1.165) is 5.56 Å². The molecule has 0 saturated carbocycles. The van der Waals surface area contributed by atoms with E-state index < -0.39 is 17.9 Å². The number of nitrogens with one attached hydrogen (secondary N) is 2. The van der Waals surface area contributed by atoms with Crippen molar-refractivity contribution in [3.63, 3.8) is 0 Å². The second-order valence-corrected chi connectivity index (χ2v) is 6.94. The number of likely N-dealkylation sites (tertiary alicyclic amines) is 1. The zero-order valence-corrected chi connectivity index (χ0v) is 15.9. The molecule has 2 unspecified atom stereocenters. The van der Waals surface area contributed by atoms with Crippen LogP contribution in [0.2, 0.25) is 0 Å². The second kappa shape index (κ2) is 9.72. The minimum absolute atomic E-state index is 0.0924. The quantitative estimate of drug-likeness (QED) is 0.624. The van der Waals surface area contributed by atoms with Gasteiger partial charge in [0.05, 0.1) is 19.4 Å². The SMILES string of the molecule is COC(=O)CNC(=O)Cc1ccc(NC(=O)N2CC(C)CC(C(=O)O)C2)cc1. The first-order chi connectivity index (χ1) is 13.3. The van der Waals surface area contributed by atoms with Crippen LogP contribution in [0.4, 0.5) is 10.5 Å². The summed E-state index contributed by atoms with van der Waals surface area (Å²) in [6.07, 6.45) is 0.654. The number of ether oxygens (including phenoxy) is 1. The lowest BCUT2D eigenvalue weighted by atomic mass is 9.91. The average Bonchev–Trinajstić information content (AvgIpc) is 2.67. The maximum absolute atomic E-state index is 12.4. The highest BCUT2D eigenvalue weighted by Crippen LogP contribution is 2.22. The van der Waals surface area contributed by atoms with Gasteiger partial charge in [-0.05, 0) is 30.0 Å². The molecule has 3 N–H and O–H groups in total. The van der Waals surface area contributed by atoms with Crippen LogP contribution in [0.5, 0.6) is 0 Å². The summed E-state index contributed by atoms with van der Waals surface area (Å²) >= 11 is 0. The standard InChI is InChI=1S/C19H25N3O6/c1-12-7-14(18(25)26)11-22(10-12)19(27)21-15-5-3-13(4-6-15)8-16(23)20-9-17(24)28-2/h3-6,12,14H,7-11H2,1-2H3,(H,20,23)(H,21,27)(H,25,26). The largest absolute Gasteiger partial charge is 0.481 e. The number of carboxylic acid groups (broad SMARTS) is 1. The van der Waals surface area contributed by atoms with Gasteiger partial charge in [-0.1, -0.05) is 19.1 Å². The van der Waals surface area contributed by atoms with Crippen molar-refractivity contribution >= 4 is 29.6 Å². The van der Waals surface area contributed by atoms with E-state index in [9.17, 15) is 24.3 Å². The Kier molecular flexibility index (Phi) is 7.36. The first-order valence-electron chi connectivity index (χ1n) is 8.99.